The predicted molar refractivity (Wildman–Crippen MR) is 99.4 cm³/mol. The van der Waals surface area contributed by atoms with Gasteiger partial charge in [-0.1, -0.05) is 46.3 Å². The zero-order valence-corrected chi connectivity index (χ0v) is 15.6. The zero-order chi connectivity index (χ0) is 17.3. The summed E-state index contributed by atoms with van der Waals surface area (Å²) < 4.78 is 12.9. The summed E-state index contributed by atoms with van der Waals surface area (Å²) in [5, 5.41) is 8.79. The van der Waals surface area contributed by atoms with Gasteiger partial charge in [0.05, 0.1) is 5.41 Å². The summed E-state index contributed by atoms with van der Waals surface area (Å²) in [6.07, 6.45) is 1.67. The highest BCUT2D eigenvalue weighted by molar-refractivity contribution is 9.10. The smallest absolute Gasteiger partial charge is 0.248 e. The summed E-state index contributed by atoms with van der Waals surface area (Å²) >= 11 is 3.51. The topological polar surface area (TPSA) is 48.2 Å². The lowest BCUT2D eigenvalue weighted by Crippen LogP contribution is -2.35. The molecule has 1 fully saturated rings. The molecule has 128 valence electrons. The van der Waals surface area contributed by atoms with Gasteiger partial charge in [-0.3, -0.25) is 0 Å². The number of aryl methyl sites for hydroxylation is 1. The molecule has 0 amide bonds. The molecule has 0 radical (unpaired) electrons. The van der Waals surface area contributed by atoms with Crippen LogP contribution >= 0.6 is 15.9 Å². The molecular formula is C20H19BrN2O2. The Morgan fingerprint density at radius 2 is 1.68 bits per heavy atom. The van der Waals surface area contributed by atoms with Crippen LogP contribution in [0.1, 0.15) is 29.9 Å². The number of aromatic nitrogens is 2. The second-order valence-corrected chi connectivity index (χ2v) is 7.34. The molecule has 1 aromatic heterocycles. The van der Waals surface area contributed by atoms with E-state index in [0.717, 1.165) is 28.4 Å². The lowest BCUT2D eigenvalue weighted by atomic mass is 9.74. The lowest BCUT2D eigenvalue weighted by Gasteiger charge is -2.34. The molecule has 1 aliphatic rings. The molecule has 0 aliphatic carbocycles. The molecule has 2 aromatic carbocycles. The largest absolute Gasteiger partial charge is 0.420 e. The van der Waals surface area contributed by atoms with E-state index in [-0.39, 0.29) is 5.41 Å². The van der Waals surface area contributed by atoms with E-state index in [9.17, 15) is 0 Å². The highest BCUT2D eigenvalue weighted by Gasteiger charge is 2.41. The van der Waals surface area contributed by atoms with Crippen LogP contribution in [-0.4, -0.2) is 23.4 Å². The first kappa shape index (κ1) is 16.5. The molecular weight excluding hydrogens is 380 g/mol. The van der Waals surface area contributed by atoms with Gasteiger partial charge in [0.25, 0.3) is 0 Å². The molecule has 3 aromatic rings. The fraction of sp³-hybridized carbons (Fsp3) is 0.300. The third kappa shape index (κ3) is 3.02. The molecule has 0 unspecified atom stereocenters. The van der Waals surface area contributed by atoms with Crippen LogP contribution in [0.25, 0.3) is 11.5 Å². The van der Waals surface area contributed by atoms with Gasteiger partial charge in [-0.15, -0.1) is 10.2 Å². The van der Waals surface area contributed by atoms with Gasteiger partial charge in [-0.25, -0.2) is 0 Å². The van der Waals surface area contributed by atoms with Gasteiger partial charge in [-0.2, -0.15) is 0 Å². The van der Waals surface area contributed by atoms with E-state index in [1.165, 1.54) is 5.56 Å². The number of ether oxygens (including phenoxy) is 1. The van der Waals surface area contributed by atoms with E-state index >= 15 is 0 Å². The SMILES string of the molecule is Cc1ccccc1-c1nnc(C2(c3ccc(Br)cc3)CCOCC2)o1. The maximum atomic E-state index is 6.19. The minimum Gasteiger partial charge on any atom is -0.420 e. The van der Waals surface area contributed by atoms with E-state index in [2.05, 4.69) is 63.4 Å². The Bertz CT molecular complexity index is 867. The number of benzene rings is 2. The van der Waals surface area contributed by atoms with Gasteiger partial charge >= 0.3 is 0 Å². The van der Waals surface area contributed by atoms with Crippen LogP contribution in [0.3, 0.4) is 0 Å². The Labute approximate surface area is 155 Å². The fourth-order valence-corrected chi connectivity index (χ4v) is 3.72. The van der Waals surface area contributed by atoms with Crippen LogP contribution in [0.5, 0.6) is 0 Å². The maximum absolute atomic E-state index is 6.19. The summed E-state index contributed by atoms with van der Waals surface area (Å²) in [4.78, 5) is 0. The average Bonchev–Trinajstić information content (AvgIpc) is 3.14. The summed E-state index contributed by atoms with van der Waals surface area (Å²) in [7, 11) is 0. The summed E-state index contributed by atoms with van der Waals surface area (Å²) in [5.74, 6) is 1.26. The first-order valence-electron chi connectivity index (χ1n) is 8.43. The van der Waals surface area contributed by atoms with Gasteiger partial charge in [-0.05, 0) is 49.1 Å². The van der Waals surface area contributed by atoms with Crippen molar-refractivity contribution in [1.29, 1.82) is 0 Å². The van der Waals surface area contributed by atoms with Gasteiger partial charge in [0, 0.05) is 23.2 Å². The number of nitrogens with zero attached hydrogens (tertiary/aromatic N) is 2. The Balaban J connectivity index is 1.79. The van der Waals surface area contributed by atoms with E-state index < -0.39 is 0 Å². The number of rotatable bonds is 3. The Morgan fingerprint density at radius 1 is 0.960 bits per heavy atom. The Hall–Kier alpha value is -1.98. The van der Waals surface area contributed by atoms with Crippen molar-refractivity contribution in [2.45, 2.75) is 25.2 Å². The third-order valence-corrected chi connectivity index (χ3v) is 5.48. The summed E-state index contributed by atoms with van der Waals surface area (Å²) in [6.45, 7) is 3.44. The molecule has 0 N–H and O–H groups in total. The van der Waals surface area contributed by atoms with Crippen molar-refractivity contribution in [1.82, 2.24) is 10.2 Å². The highest BCUT2D eigenvalue weighted by Crippen LogP contribution is 2.41. The van der Waals surface area contributed by atoms with Crippen molar-refractivity contribution in [3.05, 3.63) is 70.0 Å². The first-order chi connectivity index (χ1) is 12.2. The van der Waals surface area contributed by atoms with Gasteiger partial charge in [0.2, 0.25) is 11.8 Å². The number of hydrogen-bond acceptors (Lipinski definition) is 4. The second-order valence-electron chi connectivity index (χ2n) is 6.43. The van der Waals surface area contributed by atoms with E-state index in [0.29, 0.717) is 25.0 Å². The standard InChI is InChI=1S/C20H19BrN2O2/c1-14-4-2-3-5-17(14)18-22-23-19(25-18)20(10-12-24-13-11-20)15-6-8-16(21)9-7-15/h2-9H,10-13H2,1H3. The molecule has 4 nitrogen and oxygen atoms in total. The second kappa shape index (κ2) is 6.73. The molecule has 4 rings (SSSR count). The summed E-state index contributed by atoms with van der Waals surface area (Å²) in [6, 6.07) is 16.5. The van der Waals surface area contributed by atoms with Crippen LogP contribution in [-0.2, 0) is 10.2 Å². The van der Waals surface area contributed by atoms with Crippen LogP contribution in [0, 0.1) is 6.92 Å². The van der Waals surface area contributed by atoms with Crippen LogP contribution < -0.4 is 0 Å². The van der Waals surface area contributed by atoms with E-state index in [1.54, 1.807) is 0 Å². The van der Waals surface area contributed by atoms with Crippen molar-refractivity contribution in [2.24, 2.45) is 0 Å². The molecule has 2 heterocycles. The molecule has 0 spiro atoms. The fourth-order valence-electron chi connectivity index (χ4n) is 3.45. The minimum atomic E-state index is -0.285. The van der Waals surface area contributed by atoms with E-state index in [4.69, 9.17) is 9.15 Å². The van der Waals surface area contributed by atoms with Crippen molar-refractivity contribution in [3.8, 4) is 11.5 Å². The highest BCUT2D eigenvalue weighted by atomic mass is 79.9. The van der Waals surface area contributed by atoms with Crippen LogP contribution in [0.4, 0.5) is 0 Å². The molecule has 1 saturated heterocycles. The molecule has 5 heteroatoms. The molecule has 0 bridgehead atoms. The monoisotopic (exact) mass is 398 g/mol. The van der Waals surface area contributed by atoms with Gasteiger partial charge < -0.3 is 9.15 Å². The van der Waals surface area contributed by atoms with Crippen LogP contribution in [0.2, 0.25) is 0 Å². The molecule has 0 atom stereocenters. The van der Waals surface area contributed by atoms with Crippen molar-refractivity contribution in [3.63, 3.8) is 0 Å². The Morgan fingerprint density at radius 3 is 2.40 bits per heavy atom. The average molecular weight is 399 g/mol. The first-order valence-corrected chi connectivity index (χ1v) is 9.22. The molecule has 25 heavy (non-hydrogen) atoms. The number of hydrogen-bond donors (Lipinski definition) is 0. The van der Waals surface area contributed by atoms with Gasteiger partial charge in [0.1, 0.15) is 0 Å². The third-order valence-electron chi connectivity index (χ3n) is 4.95. The van der Waals surface area contributed by atoms with Crippen LogP contribution in [0.15, 0.2) is 57.4 Å². The molecule has 1 aliphatic heterocycles. The zero-order valence-electron chi connectivity index (χ0n) is 14.0. The summed E-state index contributed by atoms with van der Waals surface area (Å²) in [5.41, 5.74) is 3.02. The van der Waals surface area contributed by atoms with Gasteiger partial charge in [0.15, 0.2) is 0 Å². The quantitative estimate of drug-likeness (QED) is 0.628. The maximum Gasteiger partial charge on any atom is 0.248 e. The molecule has 0 saturated carbocycles. The van der Waals surface area contributed by atoms with E-state index in [1.807, 2.05) is 18.2 Å². The predicted octanol–water partition coefficient (Wildman–Crippen LogP) is 4.90. The Kier molecular flexibility index (Phi) is 4.44. The minimum absolute atomic E-state index is 0.285. The number of halogens is 1. The van der Waals surface area contributed by atoms with Crippen molar-refractivity contribution in [2.75, 3.05) is 13.2 Å². The van der Waals surface area contributed by atoms with Crippen molar-refractivity contribution < 1.29 is 9.15 Å². The van der Waals surface area contributed by atoms with Crippen molar-refractivity contribution >= 4 is 15.9 Å². The normalized spacial score (nSPS) is 16.7. The lowest BCUT2D eigenvalue weighted by molar-refractivity contribution is 0.0546.